The Balaban J connectivity index is 2.38. The van der Waals surface area contributed by atoms with Crippen molar-refractivity contribution in [3.05, 3.63) is 10.6 Å². The quantitative estimate of drug-likeness (QED) is 0.371. The van der Waals surface area contributed by atoms with Crippen LogP contribution in [0, 0.1) is 11.3 Å². The molecule has 1 unspecified atom stereocenters. The number of hydrogen-bond donors (Lipinski definition) is 2. The van der Waals surface area contributed by atoms with Gasteiger partial charge in [-0.2, -0.15) is 0 Å². The summed E-state index contributed by atoms with van der Waals surface area (Å²) >= 11 is 0. The molecule has 0 aromatic carbocycles. The van der Waals surface area contributed by atoms with Crippen LogP contribution in [0.4, 0.5) is 4.79 Å². The Kier molecular flexibility index (Phi) is 6.30. The number of carbonyl (C=O) groups is 3. The highest BCUT2D eigenvalue weighted by Crippen LogP contribution is 2.58. The highest BCUT2D eigenvalue weighted by molar-refractivity contribution is 8.78. The van der Waals surface area contributed by atoms with Crippen LogP contribution in [0.3, 0.4) is 0 Å². The number of carboxylic acid groups (broad SMARTS) is 1. The van der Waals surface area contributed by atoms with Crippen LogP contribution >= 0.6 is 21.6 Å². The third-order valence-electron chi connectivity index (χ3n) is 4.91. The molecule has 2 aliphatic rings. The van der Waals surface area contributed by atoms with Crippen LogP contribution in [0.5, 0.6) is 0 Å². The number of aliphatic carboxylic acids is 1. The Morgan fingerprint density at radius 2 is 1.89 bits per heavy atom. The van der Waals surface area contributed by atoms with Crippen LogP contribution < -0.4 is 5.73 Å². The first-order valence-corrected chi connectivity index (χ1v) is 13.5. The van der Waals surface area contributed by atoms with E-state index in [0.29, 0.717) is 0 Å². The summed E-state index contributed by atoms with van der Waals surface area (Å²) in [7, 11) is 1.12. The topological polar surface area (TPSA) is 119 Å². The number of β-lactam (4-membered cyclic amide) rings is 1. The molecule has 1 fully saturated rings. The van der Waals surface area contributed by atoms with Crippen molar-refractivity contribution < 1.29 is 28.7 Å². The van der Waals surface area contributed by atoms with E-state index >= 15 is 0 Å². The van der Waals surface area contributed by atoms with Gasteiger partial charge >= 0.3 is 12.1 Å². The lowest BCUT2D eigenvalue weighted by molar-refractivity contribution is -0.174. The lowest BCUT2D eigenvalue weighted by atomic mass is 9.66. The predicted molar refractivity (Wildman–Crippen MR) is 107 cm³/mol. The van der Waals surface area contributed by atoms with Gasteiger partial charge in [0.25, 0.3) is 0 Å². The first-order valence-electron chi connectivity index (χ1n) is 8.54. The van der Waals surface area contributed by atoms with Crippen molar-refractivity contribution in [3.8, 4) is 0 Å². The Hall–Kier alpha value is -1.17. The maximum absolute atomic E-state index is 13.1. The molecular formula is C16H26N2O6S2Si. The van der Waals surface area contributed by atoms with Gasteiger partial charge in [-0.1, -0.05) is 42.4 Å². The van der Waals surface area contributed by atoms with Gasteiger partial charge in [-0.25, -0.2) is 9.59 Å². The van der Waals surface area contributed by atoms with E-state index in [-0.39, 0.29) is 33.9 Å². The number of primary amides is 1. The minimum atomic E-state index is -1.47. The summed E-state index contributed by atoms with van der Waals surface area (Å²) in [6, 6.07) is 0. The lowest BCUT2D eigenvalue weighted by Gasteiger charge is -2.59. The molecule has 2 aliphatic heterocycles. The van der Waals surface area contributed by atoms with Crippen molar-refractivity contribution in [2.45, 2.75) is 51.8 Å². The number of hydrogen-bond acceptors (Lipinski definition) is 7. The minimum Gasteiger partial charge on any atom is -0.477 e. The van der Waals surface area contributed by atoms with E-state index in [1.54, 1.807) is 0 Å². The van der Waals surface area contributed by atoms with E-state index in [1.807, 2.05) is 27.7 Å². The fraction of sp³-hybridized carbons (Fsp3) is 0.688. The van der Waals surface area contributed by atoms with Crippen LogP contribution in [0.25, 0.3) is 0 Å². The highest BCUT2D eigenvalue weighted by atomic mass is 33.1. The lowest BCUT2D eigenvalue weighted by Crippen LogP contribution is -2.71. The zero-order valence-electron chi connectivity index (χ0n) is 16.3. The number of nitrogens with two attached hydrogens (primary N) is 1. The average Bonchev–Trinajstić information content (AvgIpc) is 2.49. The zero-order valence-corrected chi connectivity index (χ0v) is 19.1. The van der Waals surface area contributed by atoms with Crippen LogP contribution in [-0.2, 0) is 18.8 Å². The number of ether oxygens (including phenoxy) is 1. The van der Waals surface area contributed by atoms with Crippen molar-refractivity contribution in [3.63, 3.8) is 0 Å². The van der Waals surface area contributed by atoms with Gasteiger partial charge in [0.1, 0.15) is 17.7 Å². The average molecular weight is 435 g/mol. The van der Waals surface area contributed by atoms with Gasteiger partial charge in [-0.3, -0.25) is 9.69 Å². The van der Waals surface area contributed by atoms with E-state index in [0.717, 1.165) is 0 Å². The third kappa shape index (κ3) is 4.01. The van der Waals surface area contributed by atoms with Gasteiger partial charge in [0.05, 0.1) is 16.4 Å². The number of amides is 2. The number of rotatable bonds is 6. The second-order valence-electron chi connectivity index (χ2n) is 7.96. The molecule has 2 rings (SSSR count). The SMILES string of the molecule is C[SiH](C)OC(C)([C@H]1C(=O)N2C(C(=O)O)=C(COC(N)=O)SS[C@H]12)C(C)(C)C. The number of carboxylic acids is 1. The Morgan fingerprint density at radius 1 is 1.30 bits per heavy atom. The molecule has 0 radical (unpaired) electrons. The first-order chi connectivity index (χ1) is 12.3. The molecule has 152 valence electrons. The fourth-order valence-corrected chi connectivity index (χ4v) is 7.71. The first kappa shape index (κ1) is 22.1. The van der Waals surface area contributed by atoms with E-state index < -0.39 is 32.6 Å². The highest BCUT2D eigenvalue weighted by Gasteiger charge is 2.64. The largest absolute Gasteiger partial charge is 0.477 e. The molecule has 0 aromatic heterocycles. The Bertz CT molecular complexity index is 693. The van der Waals surface area contributed by atoms with Gasteiger partial charge in [-0.05, 0) is 25.4 Å². The normalized spacial score (nSPS) is 25.0. The number of nitrogens with zero attached hydrogens (tertiary/aromatic N) is 1. The summed E-state index contributed by atoms with van der Waals surface area (Å²) in [5, 5.41) is 9.28. The fourth-order valence-electron chi connectivity index (χ4n) is 3.25. The molecular weight excluding hydrogens is 408 g/mol. The van der Waals surface area contributed by atoms with Crippen molar-refractivity contribution in [1.82, 2.24) is 4.90 Å². The van der Waals surface area contributed by atoms with Crippen LogP contribution in [0.15, 0.2) is 10.6 Å². The standard InChI is InChI=1S/C16H26N2O6S2Si/c1-15(2,3)16(4,24-27(5)6)9-11(19)18-10(13(20)21)8(7-23-14(17)22)25-26-12(9)18/h9,12,27H,7H2,1-6H3,(H2,17,22)(H,20,21)/t9-,12+,16?/m0/s1. The van der Waals surface area contributed by atoms with Crippen molar-refractivity contribution in [1.29, 1.82) is 0 Å². The van der Waals surface area contributed by atoms with Gasteiger partial charge in [-0.15, -0.1) is 0 Å². The maximum Gasteiger partial charge on any atom is 0.404 e. The molecule has 0 saturated carbocycles. The Morgan fingerprint density at radius 3 is 2.33 bits per heavy atom. The third-order valence-corrected chi connectivity index (χ3v) is 8.64. The molecule has 11 heteroatoms. The molecule has 0 bridgehead atoms. The van der Waals surface area contributed by atoms with Crippen LogP contribution in [0.1, 0.15) is 27.7 Å². The summed E-state index contributed by atoms with van der Waals surface area (Å²) in [5.41, 5.74) is 3.79. The minimum absolute atomic E-state index is 0.149. The van der Waals surface area contributed by atoms with Gasteiger partial charge in [0.2, 0.25) is 5.91 Å². The van der Waals surface area contributed by atoms with Crippen LogP contribution in [0.2, 0.25) is 13.1 Å². The predicted octanol–water partition coefficient (Wildman–Crippen LogP) is 2.36. The summed E-state index contributed by atoms with van der Waals surface area (Å²) in [6.45, 7) is 11.9. The van der Waals surface area contributed by atoms with E-state index in [1.165, 1.54) is 26.5 Å². The molecule has 2 amide bonds. The molecule has 3 N–H and O–H groups in total. The molecule has 2 heterocycles. The Labute approximate surface area is 168 Å². The smallest absolute Gasteiger partial charge is 0.404 e. The molecule has 8 nitrogen and oxygen atoms in total. The van der Waals surface area contributed by atoms with Crippen molar-refractivity contribution >= 4 is 48.6 Å². The molecule has 1 saturated heterocycles. The molecule has 0 spiro atoms. The molecule has 3 atom stereocenters. The number of fused-ring (bicyclic) bond motifs is 1. The number of carbonyl (C=O) groups excluding carboxylic acids is 2. The van der Waals surface area contributed by atoms with Gasteiger partial charge < -0.3 is 20.0 Å². The van der Waals surface area contributed by atoms with Gasteiger partial charge in [0.15, 0.2) is 9.04 Å². The van der Waals surface area contributed by atoms with Gasteiger partial charge in [0, 0.05) is 0 Å². The second kappa shape index (κ2) is 7.68. The van der Waals surface area contributed by atoms with Crippen molar-refractivity contribution in [2.75, 3.05) is 6.61 Å². The second-order valence-corrected chi connectivity index (χ2v) is 12.7. The molecule has 0 aliphatic carbocycles. The van der Waals surface area contributed by atoms with E-state index in [4.69, 9.17) is 14.9 Å². The summed E-state index contributed by atoms with van der Waals surface area (Å²) in [5.74, 6) is -1.98. The van der Waals surface area contributed by atoms with Crippen molar-refractivity contribution in [2.24, 2.45) is 17.1 Å². The maximum atomic E-state index is 13.1. The van der Waals surface area contributed by atoms with Crippen LogP contribution in [-0.4, -0.2) is 54.6 Å². The summed E-state index contributed by atoms with van der Waals surface area (Å²) < 4.78 is 11.1. The summed E-state index contributed by atoms with van der Waals surface area (Å²) in [4.78, 5) is 37.3. The molecule has 0 aromatic rings. The molecule has 27 heavy (non-hydrogen) atoms. The monoisotopic (exact) mass is 434 g/mol. The van der Waals surface area contributed by atoms with E-state index in [2.05, 4.69) is 13.1 Å². The summed E-state index contributed by atoms with van der Waals surface area (Å²) in [6.07, 6.45) is -0.997. The zero-order chi connectivity index (χ0) is 20.7. The van der Waals surface area contributed by atoms with E-state index in [9.17, 15) is 19.5 Å².